The van der Waals surface area contributed by atoms with E-state index in [-0.39, 0.29) is 0 Å². The molecule has 0 saturated heterocycles. The van der Waals surface area contributed by atoms with Crippen LogP contribution in [0.15, 0.2) is 77.8 Å². The lowest BCUT2D eigenvalue weighted by Crippen LogP contribution is -2.29. The van der Waals surface area contributed by atoms with Gasteiger partial charge in [0, 0.05) is 17.8 Å². The number of rotatable bonds is 5. The molecule has 3 atom stereocenters. The molecule has 162 valence electrons. The molecule has 0 saturated carbocycles. The number of nitrogens with one attached hydrogen (secondary N) is 1. The first-order valence-electron chi connectivity index (χ1n) is 11.2. The number of fused-ring (bicyclic) bond motifs is 3. The molecule has 1 aliphatic heterocycles. The van der Waals surface area contributed by atoms with Gasteiger partial charge in [-0.15, -0.1) is 0 Å². The van der Waals surface area contributed by atoms with E-state index in [1.54, 1.807) is 0 Å². The lowest BCUT2D eigenvalue weighted by Gasteiger charge is -2.37. The molecule has 5 rings (SSSR count). The molecule has 0 spiro atoms. The Hall–Kier alpha value is -3.04. The Balaban J connectivity index is 1.34. The van der Waals surface area contributed by atoms with Crippen LogP contribution in [-0.4, -0.2) is 12.8 Å². The van der Waals surface area contributed by atoms with Gasteiger partial charge in [0.2, 0.25) is 0 Å². The maximum absolute atomic E-state index is 6.29. The monoisotopic (exact) mass is 442 g/mol. The average Bonchev–Trinajstić information content (AvgIpc) is 3.30. The van der Waals surface area contributed by atoms with Crippen molar-refractivity contribution in [1.29, 1.82) is 0 Å². The fourth-order valence-corrected chi connectivity index (χ4v) is 5.07. The number of hydrogen-bond acceptors (Lipinski definition) is 3. The first-order valence-corrected chi connectivity index (χ1v) is 11.6. The van der Waals surface area contributed by atoms with Crippen LogP contribution in [0.25, 0.3) is 0 Å². The number of ether oxygens (including phenoxy) is 1. The molecule has 0 fully saturated rings. The Morgan fingerprint density at radius 1 is 1.09 bits per heavy atom. The van der Waals surface area contributed by atoms with Crippen molar-refractivity contribution in [2.75, 3.05) is 11.9 Å². The summed E-state index contributed by atoms with van der Waals surface area (Å²) >= 11 is 6.29. The van der Waals surface area contributed by atoms with Gasteiger partial charge in [-0.05, 0) is 79.3 Å². The molecule has 1 heterocycles. The summed E-state index contributed by atoms with van der Waals surface area (Å²) in [5, 5.41) is 4.41. The third kappa shape index (κ3) is 4.05. The summed E-state index contributed by atoms with van der Waals surface area (Å²) in [5.41, 5.74) is 7.17. The maximum Gasteiger partial charge on any atom is 0.137 e. The van der Waals surface area contributed by atoms with Gasteiger partial charge in [0.05, 0.1) is 23.4 Å². The van der Waals surface area contributed by atoms with Crippen LogP contribution in [0, 0.1) is 12.8 Å². The van der Waals surface area contributed by atoms with Crippen molar-refractivity contribution in [2.24, 2.45) is 10.9 Å². The Morgan fingerprint density at radius 3 is 2.72 bits per heavy atom. The second kappa shape index (κ2) is 8.84. The van der Waals surface area contributed by atoms with Gasteiger partial charge in [-0.25, -0.2) is 0 Å². The topological polar surface area (TPSA) is 33.6 Å². The first kappa shape index (κ1) is 20.8. The zero-order valence-corrected chi connectivity index (χ0v) is 19.1. The highest BCUT2D eigenvalue weighted by Crippen LogP contribution is 2.50. The van der Waals surface area contributed by atoms with E-state index in [0.29, 0.717) is 35.3 Å². The van der Waals surface area contributed by atoms with E-state index < -0.39 is 0 Å². The molecule has 0 unspecified atom stereocenters. The van der Waals surface area contributed by atoms with E-state index in [2.05, 4.69) is 71.8 Å². The molecule has 0 radical (unpaired) electrons. The van der Waals surface area contributed by atoms with Crippen LogP contribution in [0.2, 0.25) is 5.02 Å². The van der Waals surface area contributed by atoms with Gasteiger partial charge in [-0.1, -0.05) is 53.6 Å². The largest absolute Gasteiger partial charge is 0.492 e. The zero-order chi connectivity index (χ0) is 22.1. The standard InChI is InChI=1S/C28H27ClN2O/c1-3-32-27-14-8-19(16-25(27)29)17-30-21-11-9-20(10-12-21)28-23-6-4-5-22(23)24-15-18(2)7-13-26(24)31-28/h4-5,7-17,22-23,28,31H,3,6H2,1-2H3/t22-,23-,28-/m0/s1. The summed E-state index contributed by atoms with van der Waals surface area (Å²) in [4.78, 5) is 4.63. The second-order valence-electron chi connectivity index (χ2n) is 8.54. The highest BCUT2D eigenvalue weighted by atomic mass is 35.5. The van der Waals surface area contributed by atoms with Gasteiger partial charge in [0.25, 0.3) is 0 Å². The zero-order valence-electron chi connectivity index (χ0n) is 18.4. The number of allylic oxidation sites excluding steroid dienone is 2. The molecular formula is C28H27ClN2O. The first-order chi connectivity index (χ1) is 15.6. The van der Waals surface area contributed by atoms with Crippen LogP contribution in [0.4, 0.5) is 11.4 Å². The molecule has 3 nitrogen and oxygen atoms in total. The summed E-state index contributed by atoms with van der Waals surface area (Å²) in [6.07, 6.45) is 7.67. The highest BCUT2D eigenvalue weighted by Gasteiger charge is 2.37. The third-order valence-electron chi connectivity index (χ3n) is 6.39. The van der Waals surface area contributed by atoms with Crippen molar-refractivity contribution in [3.05, 3.63) is 100 Å². The van der Waals surface area contributed by atoms with E-state index in [1.807, 2.05) is 31.3 Å². The van der Waals surface area contributed by atoms with E-state index in [9.17, 15) is 0 Å². The molecule has 3 aromatic rings. The van der Waals surface area contributed by atoms with Gasteiger partial charge in [-0.2, -0.15) is 0 Å². The molecule has 3 aromatic carbocycles. The minimum atomic E-state index is 0.299. The van der Waals surface area contributed by atoms with Crippen LogP contribution >= 0.6 is 11.6 Å². The number of nitrogens with zero attached hydrogens (tertiary/aromatic N) is 1. The van der Waals surface area contributed by atoms with Crippen LogP contribution < -0.4 is 10.1 Å². The van der Waals surface area contributed by atoms with Gasteiger partial charge >= 0.3 is 0 Å². The van der Waals surface area contributed by atoms with E-state index in [4.69, 9.17) is 16.3 Å². The number of aliphatic imine (C=N–C) groups is 1. The fraction of sp³-hybridized carbons (Fsp3) is 0.250. The van der Waals surface area contributed by atoms with Gasteiger partial charge in [0.15, 0.2) is 0 Å². The van der Waals surface area contributed by atoms with Crippen molar-refractivity contribution in [3.8, 4) is 5.75 Å². The minimum absolute atomic E-state index is 0.299. The molecule has 0 bridgehead atoms. The summed E-state index contributed by atoms with van der Waals surface area (Å²) in [5.74, 6) is 1.73. The van der Waals surface area contributed by atoms with Crippen LogP contribution in [-0.2, 0) is 0 Å². The predicted octanol–water partition coefficient (Wildman–Crippen LogP) is 7.62. The van der Waals surface area contributed by atoms with Crippen molar-refractivity contribution in [3.63, 3.8) is 0 Å². The van der Waals surface area contributed by atoms with E-state index >= 15 is 0 Å². The number of hydrogen-bond donors (Lipinski definition) is 1. The lowest BCUT2D eigenvalue weighted by atomic mass is 9.76. The predicted molar refractivity (Wildman–Crippen MR) is 134 cm³/mol. The van der Waals surface area contributed by atoms with Crippen molar-refractivity contribution >= 4 is 29.2 Å². The summed E-state index contributed by atoms with van der Waals surface area (Å²) in [6, 6.07) is 21.3. The van der Waals surface area contributed by atoms with Crippen molar-refractivity contribution < 1.29 is 4.74 Å². The normalized spacial score (nSPS) is 21.3. The average molecular weight is 443 g/mol. The van der Waals surface area contributed by atoms with Crippen molar-refractivity contribution in [2.45, 2.75) is 32.2 Å². The maximum atomic E-state index is 6.29. The smallest absolute Gasteiger partial charge is 0.137 e. The Bertz CT molecular complexity index is 1180. The fourth-order valence-electron chi connectivity index (χ4n) is 4.83. The van der Waals surface area contributed by atoms with Crippen LogP contribution in [0.3, 0.4) is 0 Å². The number of benzene rings is 3. The summed E-state index contributed by atoms with van der Waals surface area (Å²) < 4.78 is 5.50. The summed E-state index contributed by atoms with van der Waals surface area (Å²) in [7, 11) is 0. The highest BCUT2D eigenvalue weighted by molar-refractivity contribution is 6.32. The van der Waals surface area contributed by atoms with Gasteiger partial charge < -0.3 is 10.1 Å². The third-order valence-corrected chi connectivity index (χ3v) is 6.68. The molecule has 1 N–H and O–H groups in total. The quantitative estimate of drug-likeness (QED) is 0.325. The number of anilines is 1. The minimum Gasteiger partial charge on any atom is -0.492 e. The number of halogens is 1. The Kier molecular flexibility index (Phi) is 5.75. The molecule has 1 aliphatic carbocycles. The van der Waals surface area contributed by atoms with Crippen molar-refractivity contribution in [1.82, 2.24) is 0 Å². The lowest BCUT2D eigenvalue weighted by molar-refractivity contribution is 0.340. The molecular weight excluding hydrogens is 416 g/mol. The Labute approximate surface area is 194 Å². The van der Waals surface area contributed by atoms with Crippen LogP contribution in [0.5, 0.6) is 5.75 Å². The van der Waals surface area contributed by atoms with E-state index in [0.717, 1.165) is 17.7 Å². The van der Waals surface area contributed by atoms with Crippen LogP contribution in [0.1, 0.15) is 47.6 Å². The molecule has 4 heteroatoms. The van der Waals surface area contributed by atoms with E-state index in [1.165, 1.54) is 22.4 Å². The second-order valence-corrected chi connectivity index (χ2v) is 8.95. The van der Waals surface area contributed by atoms with Gasteiger partial charge in [0.1, 0.15) is 5.75 Å². The molecule has 0 amide bonds. The molecule has 0 aromatic heterocycles. The number of aryl methyl sites for hydroxylation is 1. The van der Waals surface area contributed by atoms with Gasteiger partial charge in [-0.3, -0.25) is 4.99 Å². The molecule has 2 aliphatic rings. The molecule has 32 heavy (non-hydrogen) atoms. The SMILES string of the molecule is CCOc1ccc(C=Nc2ccc([C@@H]3Nc4ccc(C)cc4[C@H]4C=CC[C@@H]43)cc2)cc1Cl. The summed E-state index contributed by atoms with van der Waals surface area (Å²) in [6.45, 7) is 4.71. The Morgan fingerprint density at radius 2 is 1.94 bits per heavy atom.